The predicted octanol–water partition coefficient (Wildman–Crippen LogP) is 2.75. The summed E-state index contributed by atoms with van der Waals surface area (Å²) < 4.78 is 53.5. The van der Waals surface area contributed by atoms with Crippen molar-refractivity contribution in [2.75, 3.05) is 13.1 Å². The molecular formula is C20H19F2N3O3S. The SMILES string of the molecule is N#CC(NC(=O)C1CCN(S(=O)(=O)c2ccc(F)cc2)CC1)c1ccccc1F. The molecule has 152 valence electrons. The van der Waals surface area contributed by atoms with Gasteiger partial charge in [0.2, 0.25) is 15.9 Å². The largest absolute Gasteiger partial charge is 0.336 e. The van der Waals surface area contributed by atoms with Crippen LogP contribution in [0.3, 0.4) is 0 Å². The lowest BCUT2D eigenvalue weighted by Gasteiger charge is -2.31. The fourth-order valence-corrected chi connectivity index (χ4v) is 4.73. The van der Waals surface area contributed by atoms with Crippen LogP contribution >= 0.6 is 0 Å². The van der Waals surface area contributed by atoms with Gasteiger partial charge in [0, 0.05) is 24.6 Å². The minimum absolute atomic E-state index is 0.00843. The monoisotopic (exact) mass is 419 g/mol. The fourth-order valence-electron chi connectivity index (χ4n) is 3.26. The minimum Gasteiger partial charge on any atom is -0.336 e. The standard InChI is InChI=1S/C20H19F2N3O3S/c21-15-5-7-16(8-6-15)29(27,28)25-11-9-14(10-12-25)20(26)24-19(13-23)17-3-1-2-4-18(17)22/h1-8,14,19H,9-12H2,(H,24,26). The van der Waals surface area contributed by atoms with Gasteiger partial charge in [-0.2, -0.15) is 9.57 Å². The van der Waals surface area contributed by atoms with E-state index in [1.54, 1.807) is 6.07 Å². The third-order valence-electron chi connectivity index (χ3n) is 4.91. The number of rotatable bonds is 5. The molecule has 1 aliphatic rings. The maximum atomic E-state index is 13.9. The summed E-state index contributed by atoms with van der Waals surface area (Å²) in [5, 5.41) is 11.8. The van der Waals surface area contributed by atoms with Gasteiger partial charge in [-0.15, -0.1) is 0 Å². The topological polar surface area (TPSA) is 90.3 Å². The molecule has 1 amide bonds. The Bertz CT molecular complexity index is 1030. The molecule has 29 heavy (non-hydrogen) atoms. The van der Waals surface area contributed by atoms with Crippen molar-refractivity contribution < 1.29 is 22.0 Å². The van der Waals surface area contributed by atoms with Crippen LogP contribution in [0.4, 0.5) is 8.78 Å². The molecule has 1 aliphatic heterocycles. The molecule has 1 fully saturated rings. The van der Waals surface area contributed by atoms with Gasteiger partial charge in [0.25, 0.3) is 0 Å². The van der Waals surface area contributed by atoms with Crippen LogP contribution in [-0.4, -0.2) is 31.7 Å². The van der Waals surface area contributed by atoms with E-state index >= 15 is 0 Å². The first-order valence-electron chi connectivity index (χ1n) is 9.03. The molecule has 1 N–H and O–H groups in total. The van der Waals surface area contributed by atoms with Crippen molar-refractivity contribution in [3.05, 3.63) is 65.7 Å². The van der Waals surface area contributed by atoms with Gasteiger partial charge in [0.05, 0.1) is 11.0 Å². The Hall–Kier alpha value is -2.83. The number of amides is 1. The van der Waals surface area contributed by atoms with Crippen molar-refractivity contribution in [3.8, 4) is 6.07 Å². The molecule has 2 aromatic rings. The zero-order chi connectivity index (χ0) is 21.0. The number of carbonyl (C=O) groups excluding carboxylic acids is 1. The molecular weight excluding hydrogens is 400 g/mol. The van der Waals surface area contributed by atoms with Crippen LogP contribution in [0.25, 0.3) is 0 Å². The van der Waals surface area contributed by atoms with Gasteiger partial charge in [-0.05, 0) is 43.2 Å². The van der Waals surface area contributed by atoms with Crippen LogP contribution in [0.1, 0.15) is 24.4 Å². The summed E-state index contributed by atoms with van der Waals surface area (Å²) in [6.07, 6.45) is 0.531. The van der Waals surface area contributed by atoms with E-state index in [0.29, 0.717) is 0 Å². The van der Waals surface area contributed by atoms with Crippen LogP contribution in [-0.2, 0) is 14.8 Å². The summed E-state index contributed by atoms with van der Waals surface area (Å²) in [5.41, 5.74) is 0.0830. The number of hydrogen-bond donors (Lipinski definition) is 1. The number of halogens is 2. The quantitative estimate of drug-likeness (QED) is 0.807. The predicted molar refractivity (Wildman–Crippen MR) is 101 cm³/mol. The number of nitrogens with one attached hydrogen (secondary N) is 1. The lowest BCUT2D eigenvalue weighted by atomic mass is 9.96. The summed E-state index contributed by atoms with van der Waals surface area (Å²) >= 11 is 0. The van der Waals surface area contributed by atoms with Crippen molar-refractivity contribution >= 4 is 15.9 Å². The molecule has 2 aromatic carbocycles. The summed E-state index contributed by atoms with van der Waals surface area (Å²) in [6, 6.07) is 11.0. The molecule has 0 radical (unpaired) electrons. The maximum Gasteiger partial charge on any atom is 0.243 e. The molecule has 9 heteroatoms. The lowest BCUT2D eigenvalue weighted by molar-refractivity contribution is -0.126. The van der Waals surface area contributed by atoms with Crippen LogP contribution in [0.5, 0.6) is 0 Å². The molecule has 0 bridgehead atoms. The first-order chi connectivity index (χ1) is 13.8. The minimum atomic E-state index is -3.77. The average molecular weight is 419 g/mol. The molecule has 0 aromatic heterocycles. The highest BCUT2D eigenvalue weighted by atomic mass is 32.2. The normalized spacial score (nSPS) is 16.7. The van der Waals surface area contributed by atoms with Crippen molar-refractivity contribution in [2.45, 2.75) is 23.8 Å². The highest BCUT2D eigenvalue weighted by Crippen LogP contribution is 2.25. The Labute approximate surface area is 167 Å². The van der Waals surface area contributed by atoms with E-state index in [-0.39, 0.29) is 36.4 Å². The number of carbonyl (C=O) groups is 1. The lowest BCUT2D eigenvalue weighted by Crippen LogP contribution is -2.43. The average Bonchev–Trinajstić information content (AvgIpc) is 2.73. The van der Waals surface area contributed by atoms with Crippen LogP contribution in [0, 0.1) is 28.9 Å². The van der Waals surface area contributed by atoms with E-state index in [4.69, 9.17) is 0 Å². The van der Waals surface area contributed by atoms with E-state index in [9.17, 15) is 27.3 Å². The Morgan fingerprint density at radius 3 is 2.31 bits per heavy atom. The molecule has 1 heterocycles. The maximum absolute atomic E-state index is 13.9. The second-order valence-electron chi connectivity index (χ2n) is 6.72. The number of nitrogens with zero attached hydrogens (tertiary/aromatic N) is 2. The number of piperidine rings is 1. The van der Waals surface area contributed by atoms with E-state index in [1.807, 2.05) is 6.07 Å². The first-order valence-corrected chi connectivity index (χ1v) is 10.5. The summed E-state index contributed by atoms with van der Waals surface area (Å²) in [5.74, 6) is -2.02. The van der Waals surface area contributed by atoms with E-state index in [1.165, 1.54) is 34.6 Å². The second-order valence-corrected chi connectivity index (χ2v) is 8.66. The van der Waals surface area contributed by atoms with Gasteiger partial charge in [-0.3, -0.25) is 4.79 Å². The molecule has 6 nitrogen and oxygen atoms in total. The van der Waals surface area contributed by atoms with Gasteiger partial charge < -0.3 is 5.32 Å². The Balaban J connectivity index is 1.63. The third kappa shape index (κ3) is 4.60. The zero-order valence-electron chi connectivity index (χ0n) is 15.4. The molecule has 0 saturated carbocycles. The van der Waals surface area contributed by atoms with Crippen molar-refractivity contribution in [2.24, 2.45) is 5.92 Å². The molecule has 3 rings (SSSR count). The Morgan fingerprint density at radius 2 is 1.72 bits per heavy atom. The summed E-state index contributed by atoms with van der Waals surface area (Å²) in [7, 11) is -3.77. The molecule has 0 aliphatic carbocycles. The van der Waals surface area contributed by atoms with Crippen LogP contribution in [0.2, 0.25) is 0 Å². The van der Waals surface area contributed by atoms with Gasteiger partial charge in [-0.1, -0.05) is 18.2 Å². The molecule has 1 atom stereocenters. The second kappa shape index (κ2) is 8.68. The number of hydrogen-bond acceptors (Lipinski definition) is 4. The van der Waals surface area contributed by atoms with Crippen molar-refractivity contribution in [1.29, 1.82) is 5.26 Å². The molecule has 1 unspecified atom stereocenters. The van der Waals surface area contributed by atoms with Gasteiger partial charge >= 0.3 is 0 Å². The third-order valence-corrected chi connectivity index (χ3v) is 6.82. The van der Waals surface area contributed by atoms with Gasteiger partial charge in [0.1, 0.15) is 17.7 Å². The van der Waals surface area contributed by atoms with Crippen molar-refractivity contribution in [3.63, 3.8) is 0 Å². The number of sulfonamides is 1. The first kappa shape index (κ1) is 20.9. The summed E-state index contributed by atoms with van der Waals surface area (Å²) in [6.45, 7) is 0.240. The van der Waals surface area contributed by atoms with Gasteiger partial charge in [-0.25, -0.2) is 17.2 Å². The van der Waals surface area contributed by atoms with E-state index < -0.39 is 39.5 Å². The smallest absolute Gasteiger partial charge is 0.243 e. The van der Waals surface area contributed by atoms with Crippen molar-refractivity contribution in [1.82, 2.24) is 9.62 Å². The summed E-state index contributed by atoms with van der Waals surface area (Å²) in [4.78, 5) is 12.5. The van der Waals surface area contributed by atoms with E-state index in [2.05, 4.69) is 5.32 Å². The highest BCUT2D eigenvalue weighted by Gasteiger charge is 2.33. The zero-order valence-corrected chi connectivity index (χ0v) is 16.2. The van der Waals surface area contributed by atoms with E-state index in [0.717, 1.165) is 12.1 Å². The number of benzene rings is 2. The Kier molecular flexibility index (Phi) is 6.25. The Morgan fingerprint density at radius 1 is 1.10 bits per heavy atom. The van der Waals surface area contributed by atoms with Crippen LogP contribution in [0.15, 0.2) is 53.4 Å². The molecule has 0 spiro atoms. The highest BCUT2D eigenvalue weighted by molar-refractivity contribution is 7.89. The van der Waals surface area contributed by atoms with Crippen LogP contribution < -0.4 is 5.32 Å². The number of nitriles is 1. The molecule has 1 saturated heterocycles. The van der Waals surface area contributed by atoms with Gasteiger partial charge in [0.15, 0.2) is 0 Å². The fraction of sp³-hybridized carbons (Fsp3) is 0.300.